The zero-order valence-corrected chi connectivity index (χ0v) is 21.4. The number of likely N-dealkylation sites (N-methyl/N-ethyl adjacent to an activating group) is 1. The van der Waals surface area contributed by atoms with Crippen LogP contribution in [-0.4, -0.2) is 49.6 Å². The number of aryl methyl sites for hydroxylation is 1. The molecule has 8 heteroatoms. The van der Waals surface area contributed by atoms with E-state index in [0.717, 1.165) is 11.3 Å². The predicted octanol–water partition coefficient (Wildman–Crippen LogP) is 4.63. The number of benzene rings is 3. The lowest BCUT2D eigenvalue weighted by Crippen LogP contribution is -2.29. The van der Waals surface area contributed by atoms with Crippen molar-refractivity contribution in [3.63, 3.8) is 0 Å². The maximum Gasteiger partial charge on any atom is 0.338 e. The number of amides is 1. The second-order valence-electron chi connectivity index (χ2n) is 9.25. The number of ketones is 1. The zero-order valence-electron chi connectivity index (χ0n) is 21.4. The molecule has 0 aromatic heterocycles. The summed E-state index contributed by atoms with van der Waals surface area (Å²) in [7, 11) is 1.93. The standard InChI is InChI=1S/C30H28N2O6/c1-4-37-30(36)19-9-12-21(13-10-19)32-26(22-8-6-5-7-18(22)2)25(28(34)29(32)35)27(33)20-11-14-24-23(17-20)31(3)15-16-38-24/h5-14,17,26,33H,4,15-16H2,1-3H3/b27-25+. The van der Waals surface area contributed by atoms with Crippen molar-refractivity contribution in [2.75, 3.05) is 36.6 Å². The number of nitrogens with zero attached hydrogens (tertiary/aromatic N) is 2. The van der Waals surface area contributed by atoms with E-state index in [1.54, 1.807) is 49.4 Å². The molecule has 1 atom stereocenters. The van der Waals surface area contributed by atoms with Gasteiger partial charge in [0.1, 0.15) is 18.1 Å². The van der Waals surface area contributed by atoms with Gasteiger partial charge in [0, 0.05) is 18.3 Å². The fourth-order valence-electron chi connectivity index (χ4n) is 4.91. The second-order valence-corrected chi connectivity index (χ2v) is 9.25. The Morgan fingerprint density at radius 3 is 2.47 bits per heavy atom. The van der Waals surface area contributed by atoms with Gasteiger partial charge in [0.05, 0.1) is 36.0 Å². The minimum atomic E-state index is -0.866. The third-order valence-electron chi connectivity index (χ3n) is 6.91. The third kappa shape index (κ3) is 4.28. The molecule has 0 aliphatic carbocycles. The van der Waals surface area contributed by atoms with E-state index >= 15 is 0 Å². The lowest BCUT2D eigenvalue weighted by Gasteiger charge is -2.28. The first kappa shape index (κ1) is 25.1. The van der Waals surface area contributed by atoms with Gasteiger partial charge in [-0.2, -0.15) is 0 Å². The monoisotopic (exact) mass is 512 g/mol. The number of rotatable bonds is 5. The maximum atomic E-state index is 13.5. The molecule has 0 bridgehead atoms. The fraction of sp³-hybridized carbons (Fsp3) is 0.233. The van der Waals surface area contributed by atoms with E-state index in [1.807, 2.05) is 43.1 Å². The van der Waals surface area contributed by atoms with Gasteiger partial charge in [0.15, 0.2) is 0 Å². The number of hydrogen-bond acceptors (Lipinski definition) is 7. The fourth-order valence-corrected chi connectivity index (χ4v) is 4.91. The highest BCUT2D eigenvalue weighted by atomic mass is 16.5. The molecule has 1 N–H and O–H groups in total. The maximum absolute atomic E-state index is 13.5. The van der Waals surface area contributed by atoms with Gasteiger partial charge in [-0.15, -0.1) is 0 Å². The van der Waals surface area contributed by atoms with Crippen LogP contribution in [0.5, 0.6) is 5.75 Å². The Balaban J connectivity index is 1.65. The van der Waals surface area contributed by atoms with Crippen LogP contribution in [0.15, 0.2) is 72.3 Å². The van der Waals surface area contributed by atoms with Crippen molar-refractivity contribution in [3.05, 3.63) is 94.6 Å². The molecule has 1 saturated heterocycles. The summed E-state index contributed by atoms with van der Waals surface area (Å²) in [4.78, 5) is 42.5. The van der Waals surface area contributed by atoms with E-state index < -0.39 is 23.7 Å². The van der Waals surface area contributed by atoms with Crippen molar-refractivity contribution in [2.45, 2.75) is 19.9 Å². The summed E-state index contributed by atoms with van der Waals surface area (Å²) in [5, 5.41) is 11.5. The number of aliphatic hydroxyl groups excluding tert-OH is 1. The van der Waals surface area contributed by atoms with Gasteiger partial charge < -0.3 is 19.5 Å². The molecule has 2 aliphatic rings. The van der Waals surface area contributed by atoms with Gasteiger partial charge >= 0.3 is 5.97 Å². The normalized spacial score (nSPS) is 18.2. The minimum Gasteiger partial charge on any atom is -0.507 e. The highest BCUT2D eigenvalue weighted by Gasteiger charge is 2.47. The number of carbonyl (C=O) groups excluding carboxylic acids is 3. The summed E-state index contributed by atoms with van der Waals surface area (Å²) in [6.07, 6.45) is 0. The molecule has 1 amide bonds. The lowest BCUT2D eigenvalue weighted by atomic mass is 9.92. The van der Waals surface area contributed by atoms with Crippen LogP contribution >= 0.6 is 0 Å². The first-order chi connectivity index (χ1) is 18.3. The Kier molecular flexibility index (Phi) is 6.63. The molecule has 8 nitrogen and oxygen atoms in total. The Morgan fingerprint density at radius 2 is 1.76 bits per heavy atom. The van der Waals surface area contributed by atoms with Crippen molar-refractivity contribution < 1.29 is 29.0 Å². The van der Waals surface area contributed by atoms with E-state index in [1.165, 1.54) is 4.90 Å². The molecule has 3 aromatic carbocycles. The molecule has 0 spiro atoms. The Hall–Kier alpha value is -4.59. The van der Waals surface area contributed by atoms with E-state index in [2.05, 4.69) is 0 Å². The van der Waals surface area contributed by atoms with Crippen molar-refractivity contribution >= 4 is 34.8 Å². The molecule has 0 saturated carbocycles. The third-order valence-corrected chi connectivity index (χ3v) is 6.91. The minimum absolute atomic E-state index is 0.00176. The summed E-state index contributed by atoms with van der Waals surface area (Å²) in [6.45, 7) is 5.11. The quantitative estimate of drug-likeness (QED) is 0.231. The average Bonchev–Trinajstić information content (AvgIpc) is 3.18. The van der Waals surface area contributed by atoms with Gasteiger partial charge in [-0.25, -0.2) is 4.79 Å². The van der Waals surface area contributed by atoms with Gasteiger partial charge in [-0.1, -0.05) is 24.3 Å². The highest BCUT2D eigenvalue weighted by molar-refractivity contribution is 6.51. The van der Waals surface area contributed by atoms with Crippen LogP contribution in [0.1, 0.15) is 40.0 Å². The molecular weight excluding hydrogens is 484 g/mol. The molecule has 2 aliphatic heterocycles. The summed E-state index contributed by atoms with van der Waals surface area (Å²) in [6, 6.07) is 18.1. The second kappa shape index (κ2) is 10.0. The molecule has 5 rings (SSSR count). The number of aliphatic hydroxyl groups is 1. The SMILES string of the molecule is CCOC(=O)c1ccc(N2C(=O)C(=O)/C(=C(/O)c3ccc4c(c3)N(C)CCO4)C2c2ccccc2C)cc1. The number of anilines is 2. The van der Waals surface area contributed by atoms with Crippen molar-refractivity contribution in [1.29, 1.82) is 0 Å². The largest absolute Gasteiger partial charge is 0.507 e. The average molecular weight is 513 g/mol. The van der Waals surface area contributed by atoms with Gasteiger partial charge in [-0.3, -0.25) is 14.5 Å². The Bertz CT molecular complexity index is 1460. The van der Waals surface area contributed by atoms with Gasteiger partial charge in [-0.05, 0) is 67.4 Å². The van der Waals surface area contributed by atoms with Gasteiger partial charge in [0.2, 0.25) is 0 Å². The number of carbonyl (C=O) groups is 3. The first-order valence-corrected chi connectivity index (χ1v) is 12.4. The number of ether oxygens (including phenoxy) is 2. The van der Waals surface area contributed by atoms with E-state index in [-0.39, 0.29) is 17.9 Å². The van der Waals surface area contributed by atoms with E-state index in [0.29, 0.717) is 41.3 Å². The molecule has 1 unspecified atom stereocenters. The molecule has 38 heavy (non-hydrogen) atoms. The van der Waals surface area contributed by atoms with Crippen molar-refractivity contribution in [3.8, 4) is 5.75 Å². The van der Waals surface area contributed by atoms with Crippen LogP contribution in [-0.2, 0) is 14.3 Å². The number of hydrogen-bond donors (Lipinski definition) is 1. The van der Waals surface area contributed by atoms with Crippen LogP contribution in [0.2, 0.25) is 0 Å². The topological polar surface area (TPSA) is 96.4 Å². The van der Waals surface area contributed by atoms with Crippen LogP contribution in [0.25, 0.3) is 5.76 Å². The predicted molar refractivity (Wildman–Crippen MR) is 144 cm³/mol. The van der Waals surface area contributed by atoms with Crippen LogP contribution in [0.3, 0.4) is 0 Å². The molecule has 0 radical (unpaired) electrons. The van der Waals surface area contributed by atoms with Crippen molar-refractivity contribution in [2.24, 2.45) is 0 Å². The Morgan fingerprint density at radius 1 is 1.05 bits per heavy atom. The van der Waals surface area contributed by atoms with Crippen LogP contribution in [0.4, 0.5) is 11.4 Å². The summed E-state index contributed by atoms with van der Waals surface area (Å²) in [5.74, 6) is -1.59. The van der Waals surface area contributed by atoms with Gasteiger partial charge in [0.25, 0.3) is 11.7 Å². The molecule has 3 aromatic rings. The Labute approximate surface area is 220 Å². The van der Waals surface area contributed by atoms with E-state index in [9.17, 15) is 19.5 Å². The van der Waals surface area contributed by atoms with Crippen molar-refractivity contribution in [1.82, 2.24) is 0 Å². The number of Topliss-reactive ketones (excluding diaryl/α,β-unsaturated/α-hetero) is 1. The summed E-state index contributed by atoms with van der Waals surface area (Å²) < 4.78 is 10.8. The first-order valence-electron chi connectivity index (χ1n) is 12.4. The summed E-state index contributed by atoms with van der Waals surface area (Å²) >= 11 is 0. The molecule has 194 valence electrons. The molecular formula is C30H28N2O6. The lowest BCUT2D eigenvalue weighted by molar-refractivity contribution is -0.132. The van der Waals surface area contributed by atoms with E-state index in [4.69, 9.17) is 9.47 Å². The number of esters is 1. The summed E-state index contributed by atoms with van der Waals surface area (Å²) in [5.41, 5.74) is 3.52. The van der Waals surface area contributed by atoms with Crippen LogP contribution in [0, 0.1) is 6.92 Å². The zero-order chi connectivity index (χ0) is 27.0. The smallest absolute Gasteiger partial charge is 0.338 e. The highest BCUT2D eigenvalue weighted by Crippen LogP contribution is 2.44. The number of fused-ring (bicyclic) bond motifs is 1. The molecule has 2 heterocycles. The molecule has 1 fully saturated rings. The van der Waals surface area contributed by atoms with Crippen LogP contribution < -0.4 is 14.5 Å².